The van der Waals surface area contributed by atoms with Crippen molar-refractivity contribution in [2.24, 2.45) is 0 Å². The lowest BCUT2D eigenvalue weighted by molar-refractivity contribution is -0.137. The van der Waals surface area contributed by atoms with E-state index in [-0.39, 0.29) is 11.6 Å². The number of carbonyl (C=O) groups is 2. The summed E-state index contributed by atoms with van der Waals surface area (Å²) < 4.78 is 45.1. The van der Waals surface area contributed by atoms with Gasteiger partial charge in [-0.3, -0.25) is 9.59 Å². The molecule has 0 unspecified atom stereocenters. The van der Waals surface area contributed by atoms with Gasteiger partial charge in [-0.25, -0.2) is 0 Å². The number of hydrogen-bond acceptors (Lipinski definition) is 5. The average molecular weight is 429 g/mol. The molecule has 4 rings (SSSR count). The molecule has 0 radical (unpaired) electrons. The fraction of sp³-hybridized carbons (Fsp3) is 0.579. The molecule has 1 aromatic rings. The Morgan fingerprint density at radius 1 is 1.31 bits per heavy atom. The van der Waals surface area contributed by atoms with E-state index < -0.39 is 28.6 Å². The van der Waals surface area contributed by atoms with Crippen LogP contribution in [0.3, 0.4) is 0 Å². The highest BCUT2D eigenvalue weighted by molar-refractivity contribution is 8.01. The monoisotopic (exact) mass is 429 g/mol. The Morgan fingerprint density at radius 3 is 2.72 bits per heavy atom. The topological polar surface area (TPSA) is 61.9 Å². The number of fused-ring (bicyclic) bond motifs is 1. The molecule has 0 aliphatic carbocycles. The van der Waals surface area contributed by atoms with Gasteiger partial charge in [-0.15, -0.1) is 11.8 Å². The zero-order valence-electron chi connectivity index (χ0n) is 15.9. The Bertz CT molecular complexity index is 829. The van der Waals surface area contributed by atoms with Crippen molar-refractivity contribution >= 4 is 35.0 Å². The predicted molar refractivity (Wildman–Crippen MR) is 104 cm³/mol. The maximum absolute atomic E-state index is 13.3. The molecule has 0 saturated carbocycles. The van der Waals surface area contributed by atoms with E-state index in [9.17, 15) is 22.8 Å². The number of alkyl halides is 3. The number of halogens is 3. The number of amides is 2. The van der Waals surface area contributed by atoms with E-state index in [1.165, 1.54) is 6.07 Å². The lowest BCUT2D eigenvalue weighted by Gasteiger charge is -2.32. The van der Waals surface area contributed by atoms with Crippen molar-refractivity contribution in [1.29, 1.82) is 0 Å². The molecule has 1 aromatic carbocycles. The van der Waals surface area contributed by atoms with Crippen LogP contribution in [-0.2, 0) is 20.5 Å². The standard InChI is InChI=1S/C19H22F3N3O3S/c1-18-5-4-16(26)25(18)15(11-29-18)17(27)23-13-10-12(19(20,21)22)2-3-14(13)24-6-8-28-9-7-24/h2-3,10,15H,4-9,11H2,1H3,(H,23,27)/t15-,18-/m1/s1. The van der Waals surface area contributed by atoms with Gasteiger partial charge in [-0.05, 0) is 31.5 Å². The van der Waals surface area contributed by atoms with Crippen molar-refractivity contribution in [3.8, 4) is 0 Å². The number of ether oxygens (including phenoxy) is 1. The second kappa shape index (κ2) is 7.39. The van der Waals surface area contributed by atoms with Gasteiger partial charge >= 0.3 is 6.18 Å². The van der Waals surface area contributed by atoms with Crippen LogP contribution in [0.15, 0.2) is 18.2 Å². The largest absolute Gasteiger partial charge is 0.416 e. The highest BCUT2D eigenvalue weighted by Gasteiger charge is 2.53. The van der Waals surface area contributed by atoms with Crippen LogP contribution in [0, 0.1) is 0 Å². The minimum atomic E-state index is -4.52. The van der Waals surface area contributed by atoms with Crippen molar-refractivity contribution in [2.75, 3.05) is 42.3 Å². The van der Waals surface area contributed by atoms with Crippen LogP contribution in [0.25, 0.3) is 0 Å². The number of thioether (sulfide) groups is 1. The highest BCUT2D eigenvalue weighted by Crippen LogP contribution is 2.47. The maximum atomic E-state index is 13.3. The van der Waals surface area contributed by atoms with Crippen LogP contribution in [0.2, 0.25) is 0 Å². The van der Waals surface area contributed by atoms with Crippen molar-refractivity contribution < 1.29 is 27.5 Å². The summed E-state index contributed by atoms with van der Waals surface area (Å²) in [7, 11) is 0. The maximum Gasteiger partial charge on any atom is 0.416 e. The van der Waals surface area contributed by atoms with Crippen LogP contribution < -0.4 is 10.2 Å². The molecule has 29 heavy (non-hydrogen) atoms. The third kappa shape index (κ3) is 3.79. The zero-order valence-corrected chi connectivity index (χ0v) is 16.7. The molecule has 2 amide bonds. The van der Waals surface area contributed by atoms with Crippen LogP contribution in [0.4, 0.5) is 24.5 Å². The molecule has 0 bridgehead atoms. The third-order valence-electron chi connectivity index (χ3n) is 5.68. The molecule has 6 nitrogen and oxygen atoms in total. The fourth-order valence-corrected chi connectivity index (χ4v) is 5.56. The van der Waals surface area contributed by atoms with Gasteiger partial charge in [0.15, 0.2) is 0 Å². The quantitative estimate of drug-likeness (QED) is 0.801. The first kappa shape index (κ1) is 20.3. The van der Waals surface area contributed by atoms with Crippen molar-refractivity contribution in [3.05, 3.63) is 23.8 Å². The molecular weight excluding hydrogens is 407 g/mol. The first-order valence-electron chi connectivity index (χ1n) is 9.50. The van der Waals surface area contributed by atoms with Crippen LogP contribution in [-0.4, -0.2) is 59.7 Å². The summed E-state index contributed by atoms with van der Waals surface area (Å²) in [6.07, 6.45) is -3.46. The number of rotatable bonds is 3. The Labute approximate surface area is 170 Å². The van der Waals surface area contributed by atoms with Gasteiger partial charge in [-0.2, -0.15) is 13.2 Å². The molecular formula is C19H22F3N3O3S. The van der Waals surface area contributed by atoms with Crippen LogP contribution in [0.5, 0.6) is 0 Å². The number of morpholine rings is 1. The van der Waals surface area contributed by atoms with E-state index in [2.05, 4.69) is 5.32 Å². The predicted octanol–water partition coefficient (Wildman–Crippen LogP) is 2.93. The summed E-state index contributed by atoms with van der Waals surface area (Å²) in [5.41, 5.74) is -0.194. The molecule has 3 heterocycles. The smallest absolute Gasteiger partial charge is 0.378 e. The van der Waals surface area contributed by atoms with Crippen molar-refractivity contribution in [1.82, 2.24) is 4.90 Å². The van der Waals surface area contributed by atoms with Gasteiger partial charge in [0.2, 0.25) is 11.8 Å². The minimum Gasteiger partial charge on any atom is -0.378 e. The number of nitrogens with one attached hydrogen (secondary N) is 1. The number of benzene rings is 1. The summed E-state index contributed by atoms with van der Waals surface area (Å²) in [5, 5.41) is 2.68. The van der Waals surface area contributed by atoms with E-state index in [4.69, 9.17) is 4.74 Å². The number of carbonyl (C=O) groups excluding carboxylic acids is 2. The summed E-state index contributed by atoms with van der Waals surface area (Å²) in [4.78, 5) is 28.4. The SMILES string of the molecule is C[C@@]12CCC(=O)N1[C@@H](C(=O)Nc1cc(C(F)(F)F)ccc1N1CCOCC1)CS2. The average Bonchev–Trinajstić information content (AvgIpc) is 3.17. The number of hydrogen-bond donors (Lipinski definition) is 1. The Balaban J connectivity index is 1.62. The molecule has 3 aliphatic rings. The normalized spacial score (nSPS) is 27.3. The van der Waals surface area contributed by atoms with Gasteiger partial charge in [0, 0.05) is 25.3 Å². The number of nitrogens with zero attached hydrogens (tertiary/aromatic N) is 2. The second-order valence-corrected chi connectivity index (χ2v) is 9.09. The molecule has 0 aromatic heterocycles. The van der Waals surface area contributed by atoms with E-state index in [1.54, 1.807) is 16.7 Å². The molecule has 3 fully saturated rings. The van der Waals surface area contributed by atoms with Crippen LogP contribution in [0.1, 0.15) is 25.3 Å². The molecule has 0 spiro atoms. The lowest BCUT2D eigenvalue weighted by atomic mass is 10.1. The summed E-state index contributed by atoms with van der Waals surface area (Å²) in [6, 6.07) is 2.69. The summed E-state index contributed by atoms with van der Waals surface area (Å²) in [5.74, 6) is -0.111. The number of anilines is 2. The molecule has 3 aliphatic heterocycles. The minimum absolute atomic E-state index is 0.0879. The van der Waals surface area contributed by atoms with Gasteiger partial charge in [0.25, 0.3) is 0 Å². The van der Waals surface area contributed by atoms with Crippen molar-refractivity contribution in [3.63, 3.8) is 0 Å². The molecule has 158 valence electrons. The highest BCUT2D eigenvalue weighted by atomic mass is 32.2. The Kier molecular flexibility index (Phi) is 5.18. The molecule has 2 atom stereocenters. The van der Waals surface area contributed by atoms with E-state index >= 15 is 0 Å². The molecule has 10 heteroatoms. The van der Waals surface area contributed by atoms with E-state index in [0.29, 0.717) is 50.6 Å². The summed E-state index contributed by atoms with van der Waals surface area (Å²) >= 11 is 1.54. The van der Waals surface area contributed by atoms with Crippen molar-refractivity contribution in [2.45, 2.75) is 36.9 Å². The zero-order chi connectivity index (χ0) is 20.8. The van der Waals surface area contributed by atoms with E-state index in [0.717, 1.165) is 12.1 Å². The first-order chi connectivity index (χ1) is 13.7. The Hall–Kier alpha value is -1.94. The first-order valence-corrected chi connectivity index (χ1v) is 10.5. The van der Waals surface area contributed by atoms with Gasteiger partial charge in [-0.1, -0.05) is 0 Å². The van der Waals surface area contributed by atoms with Crippen LogP contribution >= 0.6 is 11.8 Å². The van der Waals surface area contributed by atoms with E-state index in [1.807, 2.05) is 11.8 Å². The summed E-state index contributed by atoms with van der Waals surface area (Å²) in [6.45, 7) is 3.91. The lowest BCUT2D eigenvalue weighted by Crippen LogP contribution is -2.48. The second-order valence-electron chi connectivity index (χ2n) is 7.58. The molecule has 1 N–H and O–H groups in total. The van der Waals surface area contributed by atoms with Gasteiger partial charge < -0.3 is 19.9 Å². The molecule has 3 saturated heterocycles. The Morgan fingerprint density at radius 2 is 2.03 bits per heavy atom. The van der Waals surface area contributed by atoms with Gasteiger partial charge in [0.1, 0.15) is 6.04 Å². The fourth-order valence-electron chi connectivity index (χ4n) is 4.12. The third-order valence-corrected chi connectivity index (χ3v) is 7.19. The van der Waals surface area contributed by atoms with Gasteiger partial charge in [0.05, 0.1) is 35.0 Å².